The number of hydrogen-bond acceptors (Lipinski definition) is 1. The minimum absolute atomic E-state index is 0.0480. The van der Waals surface area contributed by atoms with Gasteiger partial charge in [-0.15, -0.1) is 0 Å². The normalized spacial score (nSPS) is 10.6. The Bertz CT molecular complexity index is 519. The van der Waals surface area contributed by atoms with E-state index in [4.69, 9.17) is 0 Å². The Balaban J connectivity index is 2.37. The fourth-order valence-corrected chi connectivity index (χ4v) is 1.96. The maximum Gasteiger partial charge on any atom is 0.268 e. The van der Waals surface area contributed by atoms with Crippen LogP contribution < -0.4 is 5.32 Å². The first kappa shape index (κ1) is 11.2. The van der Waals surface area contributed by atoms with Gasteiger partial charge in [-0.3, -0.25) is 4.79 Å². The molecule has 0 aliphatic carbocycles. The van der Waals surface area contributed by atoms with Crippen LogP contribution >= 0.6 is 15.9 Å². The van der Waals surface area contributed by atoms with Crippen LogP contribution in [-0.2, 0) is 0 Å². The third-order valence-electron chi connectivity index (χ3n) is 2.57. The van der Waals surface area contributed by atoms with Gasteiger partial charge in [0.2, 0.25) is 0 Å². The first-order valence-corrected chi connectivity index (χ1v) is 6.27. The quantitative estimate of drug-likeness (QED) is 0.834. The van der Waals surface area contributed by atoms with E-state index in [1.807, 2.05) is 31.2 Å². The van der Waals surface area contributed by atoms with Crippen molar-refractivity contribution in [2.75, 3.05) is 11.9 Å². The predicted molar refractivity (Wildman–Crippen MR) is 69.2 cm³/mol. The van der Waals surface area contributed by atoms with Gasteiger partial charge in [0.15, 0.2) is 0 Å². The summed E-state index contributed by atoms with van der Waals surface area (Å²) in [5, 5.41) is 4.70. The van der Waals surface area contributed by atoms with E-state index in [1.165, 1.54) is 0 Å². The molecule has 0 aliphatic heterocycles. The summed E-state index contributed by atoms with van der Waals surface area (Å²) in [6, 6.07) is 7.92. The summed E-state index contributed by atoms with van der Waals surface area (Å²) in [6.45, 7) is 2.59. The molecule has 0 unspecified atom stereocenters. The SMILES string of the molecule is Cc1c(C(=O)NCCBr)[nH]c2ccccc12. The van der Waals surface area contributed by atoms with Gasteiger partial charge in [0.1, 0.15) is 5.69 Å². The summed E-state index contributed by atoms with van der Waals surface area (Å²) in [5.41, 5.74) is 2.66. The number of halogens is 1. The topological polar surface area (TPSA) is 44.9 Å². The van der Waals surface area contributed by atoms with Crippen molar-refractivity contribution in [1.29, 1.82) is 0 Å². The molecule has 4 heteroatoms. The van der Waals surface area contributed by atoms with E-state index in [0.29, 0.717) is 12.2 Å². The van der Waals surface area contributed by atoms with Gasteiger partial charge in [-0.05, 0) is 18.6 Å². The van der Waals surface area contributed by atoms with Crippen molar-refractivity contribution in [1.82, 2.24) is 10.3 Å². The zero-order chi connectivity index (χ0) is 11.5. The number of amides is 1. The smallest absolute Gasteiger partial charge is 0.268 e. The lowest BCUT2D eigenvalue weighted by Gasteiger charge is -2.01. The lowest BCUT2D eigenvalue weighted by molar-refractivity contribution is 0.0951. The number of aromatic amines is 1. The standard InChI is InChI=1S/C12H13BrN2O/c1-8-9-4-2-3-5-10(9)15-11(8)12(16)14-7-6-13/h2-5,15H,6-7H2,1H3,(H,14,16). The fraction of sp³-hybridized carbons (Fsp3) is 0.250. The highest BCUT2D eigenvalue weighted by Gasteiger charge is 2.13. The van der Waals surface area contributed by atoms with E-state index >= 15 is 0 Å². The number of aryl methyl sites for hydroxylation is 1. The Hall–Kier alpha value is -1.29. The molecule has 0 saturated carbocycles. The van der Waals surface area contributed by atoms with Crippen LogP contribution in [0.25, 0.3) is 10.9 Å². The van der Waals surface area contributed by atoms with E-state index < -0.39 is 0 Å². The molecule has 0 atom stereocenters. The second-order valence-electron chi connectivity index (χ2n) is 3.62. The highest BCUT2D eigenvalue weighted by atomic mass is 79.9. The molecular formula is C12H13BrN2O. The molecule has 84 valence electrons. The summed E-state index contributed by atoms with van der Waals surface area (Å²) in [6.07, 6.45) is 0. The van der Waals surface area contributed by atoms with Crippen molar-refractivity contribution in [3.8, 4) is 0 Å². The second-order valence-corrected chi connectivity index (χ2v) is 4.41. The van der Waals surface area contributed by atoms with E-state index in [2.05, 4.69) is 26.2 Å². The number of benzene rings is 1. The van der Waals surface area contributed by atoms with Gasteiger partial charge in [0.25, 0.3) is 5.91 Å². The van der Waals surface area contributed by atoms with Gasteiger partial charge in [0.05, 0.1) is 0 Å². The first-order chi connectivity index (χ1) is 7.74. The van der Waals surface area contributed by atoms with Gasteiger partial charge >= 0.3 is 0 Å². The average molecular weight is 281 g/mol. The lowest BCUT2D eigenvalue weighted by Crippen LogP contribution is -2.26. The number of rotatable bonds is 3. The molecule has 0 spiro atoms. The summed E-state index contributed by atoms with van der Waals surface area (Å²) < 4.78 is 0. The molecule has 3 nitrogen and oxygen atoms in total. The molecular weight excluding hydrogens is 268 g/mol. The number of carbonyl (C=O) groups excluding carboxylic acids is 1. The third kappa shape index (κ3) is 1.97. The molecule has 0 aliphatic rings. The van der Waals surface area contributed by atoms with Crippen LogP contribution in [0.4, 0.5) is 0 Å². The van der Waals surface area contributed by atoms with Crippen LogP contribution in [0.5, 0.6) is 0 Å². The minimum atomic E-state index is -0.0480. The lowest BCUT2D eigenvalue weighted by atomic mass is 10.1. The molecule has 2 aromatic rings. The van der Waals surface area contributed by atoms with Gasteiger partial charge in [-0.25, -0.2) is 0 Å². The van der Waals surface area contributed by atoms with Crippen molar-refractivity contribution in [3.63, 3.8) is 0 Å². The maximum atomic E-state index is 11.8. The Kier molecular flexibility index (Phi) is 3.29. The van der Waals surface area contributed by atoms with Gasteiger partial charge in [0, 0.05) is 22.8 Å². The molecule has 16 heavy (non-hydrogen) atoms. The summed E-state index contributed by atoms with van der Waals surface area (Å²) in [7, 11) is 0. The second kappa shape index (κ2) is 4.70. The van der Waals surface area contributed by atoms with Crippen LogP contribution in [-0.4, -0.2) is 22.8 Å². The number of fused-ring (bicyclic) bond motifs is 1. The molecule has 0 bridgehead atoms. The van der Waals surface area contributed by atoms with Crippen molar-refractivity contribution in [2.24, 2.45) is 0 Å². The first-order valence-electron chi connectivity index (χ1n) is 5.15. The molecule has 0 radical (unpaired) electrons. The maximum absolute atomic E-state index is 11.8. The predicted octanol–water partition coefficient (Wildman–Crippen LogP) is 2.60. The van der Waals surface area contributed by atoms with Crippen LogP contribution in [0.2, 0.25) is 0 Å². The number of aromatic nitrogens is 1. The average Bonchev–Trinajstić information content (AvgIpc) is 2.64. The summed E-state index contributed by atoms with van der Waals surface area (Å²) in [5.74, 6) is -0.0480. The van der Waals surface area contributed by atoms with Crippen molar-refractivity contribution in [3.05, 3.63) is 35.5 Å². The zero-order valence-electron chi connectivity index (χ0n) is 9.01. The molecule has 1 aromatic heterocycles. The van der Waals surface area contributed by atoms with E-state index in [-0.39, 0.29) is 5.91 Å². The Labute approximate surface area is 102 Å². The molecule has 0 saturated heterocycles. The molecule has 1 amide bonds. The summed E-state index contributed by atoms with van der Waals surface area (Å²) >= 11 is 3.28. The van der Waals surface area contributed by atoms with Gasteiger partial charge in [-0.2, -0.15) is 0 Å². The minimum Gasteiger partial charge on any atom is -0.350 e. The van der Waals surface area contributed by atoms with E-state index in [9.17, 15) is 4.79 Å². The number of H-pyrrole nitrogens is 1. The molecule has 0 fully saturated rings. The van der Waals surface area contributed by atoms with Crippen molar-refractivity contribution >= 4 is 32.7 Å². The highest BCUT2D eigenvalue weighted by Crippen LogP contribution is 2.20. The monoisotopic (exact) mass is 280 g/mol. The Morgan fingerprint density at radius 1 is 1.44 bits per heavy atom. The van der Waals surface area contributed by atoms with Gasteiger partial charge in [-0.1, -0.05) is 34.1 Å². The van der Waals surface area contributed by atoms with Crippen molar-refractivity contribution in [2.45, 2.75) is 6.92 Å². The van der Waals surface area contributed by atoms with Crippen LogP contribution in [0, 0.1) is 6.92 Å². The summed E-state index contributed by atoms with van der Waals surface area (Å²) in [4.78, 5) is 15.0. The van der Waals surface area contributed by atoms with E-state index in [0.717, 1.165) is 21.8 Å². The zero-order valence-corrected chi connectivity index (χ0v) is 10.6. The number of alkyl halides is 1. The van der Waals surface area contributed by atoms with Crippen LogP contribution in [0.1, 0.15) is 16.1 Å². The number of para-hydroxylation sites is 1. The Morgan fingerprint density at radius 3 is 2.88 bits per heavy atom. The molecule has 2 rings (SSSR count). The molecule has 2 N–H and O–H groups in total. The van der Waals surface area contributed by atoms with Crippen molar-refractivity contribution < 1.29 is 4.79 Å². The number of carbonyl (C=O) groups is 1. The van der Waals surface area contributed by atoms with Gasteiger partial charge < -0.3 is 10.3 Å². The number of nitrogens with one attached hydrogen (secondary N) is 2. The highest BCUT2D eigenvalue weighted by molar-refractivity contribution is 9.09. The third-order valence-corrected chi connectivity index (χ3v) is 2.97. The largest absolute Gasteiger partial charge is 0.350 e. The molecule has 1 heterocycles. The van der Waals surface area contributed by atoms with E-state index in [1.54, 1.807) is 0 Å². The molecule has 1 aromatic carbocycles. The Morgan fingerprint density at radius 2 is 2.19 bits per heavy atom. The van der Waals surface area contributed by atoms with Crippen LogP contribution in [0.3, 0.4) is 0 Å². The number of hydrogen-bond donors (Lipinski definition) is 2. The van der Waals surface area contributed by atoms with Crippen LogP contribution in [0.15, 0.2) is 24.3 Å². The fourth-order valence-electron chi connectivity index (χ4n) is 1.76.